The highest BCUT2D eigenvalue weighted by Crippen LogP contribution is 2.23. The normalized spacial score (nSPS) is 10.6. The number of hydrogen-bond acceptors (Lipinski definition) is 4. The summed E-state index contributed by atoms with van der Waals surface area (Å²) in [4.78, 5) is 26.3. The van der Waals surface area contributed by atoms with Gasteiger partial charge in [0.1, 0.15) is 0 Å². The zero-order chi connectivity index (χ0) is 17.4. The second-order valence-electron chi connectivity index (χ2n) is 5.39. The van der Waals surface area contributed by atoms with E-state index in [0.29, 0.717) is 18.9 Å². The van der Waals surface area contributed by atoms with E-state index in [9.17, 15) is 9.59 Å². The maximum atomic E-state index is 12.1. The third-order valence-corrected chi connectivity index (χ3v) is 4.50. The Morgan fingerprint density at radius 1 is 1.17 bits per heavy atom. The molecule has 0 aromatic heterocycles. The minimum absolute atomic E-state index is 0.0564. The van der Waals surface area contributed by atoms with Crippen LogP contribution in [0, 0.1) is 0 Å². The molecule has 0 spiro atoms. The number of hydrogen-bond donors (Lipinski definition) is 1. The molecule has 0 aliphatic heterocycles. The molecule has 2 aromatic rings. The van der Waals surface area contributed by atoms with E-state index in [4.69, 9.17) is 4.74 Å². The fourth-order valence-electron chi connectivity index (χ4n) is 2.16. The SMILES string of the molecule is COCCNC(=O)CN(C)C(=O)CSc1ccc2ccccc2c1. The Labute approximate surface area is 146 Å². The first kappa shape index (κ1) is 18.3. The van der Waals surface area contributed by atoms with Crippen LogP contribution < -0.4 is 5.32 Å². The Bertz CT molecular complexity index is 705. The van der Waals surface area contributed by atoms with Crippen LogP contribution >= 0.6 is 11.8 Å². The number of carbonyl (C=O) groups is 2. The number of carbonyl (C=O) groups excluding carboxylic acids is 2. The summed E-state index contributed by atoms with van der Waals surface area (Å²) in [5.41, 5.74) is 0. The minimum Gasteiger partial charge on any atom is -0.383 e. The number of fused-ring (bicyclic) bond motifs is 1. The van der Waals surface area contributed by atoms with Crippen molar-refractivity contribution in [2.45, 2.75) is 4.90 Å². The highest BCUT2D eigenvalue weighted by atomic mass is 32.2. The van der Waals surface area contributed by atoms with E-state index in [0.717, 1.165) is 10.3 Å². The molecule has 0 heterocycles. The van der Waals surface area contributed by atoms with Crippen LogP contribution in [0.2, 0.25) is 0 Å². The highest BCUT2D eigenvalue weighted by Gasteiger charge is 2.13. The minimum atomic E-state index is -0.182. The van der Waals surface area contributed by atoms with Gasteiger partial charge in [-0.3, -0.25) is 9.59 Å². The van der Waals surface area contributed by atoms with Gasteiger partial charge in [0.25, 0.3) is 0 Å². The van der Waals surface area contributed by atoms with Gasteiger partial charge in [0, 0.05) is 25.6 Å². The number of thioether (sulfide) groups is 1. The molecule has 6 heteroatoms. The maximum Gasteiger partial charge on any atom is 0.239 e. The largest absolute Gasteiger partial charge is 0.383 e. The number of ether oxygens (including phenoxy) is 1. The first-order valence-corrected chi connectivity index (χ1v) is 8.70. The topological polar surface area (TPSA) is 58.6 Å². The van der Waals surface area contributed by atoms with Gasteiger partial charge in [0.15, 0.2) is 0 Å². The molecule has 0 radical (unpaired) electrons. The van der Waals surface area contributed by atoms with Crippen LogP contribution in [0.4, 0.5) is 0 Å². The molecule has 2 aromatic carbocycles. The lowest BCUT2D eigenvalue weighted by atomic mass is 10.1. The second kappa shape index (κ2) is 9.30. The first-order chi connectivity index (χ1) is 11.6. The third kappa shape index (κ3) is 5.54. The summed E-state index contributed by atoms with van der Waals surface area (Å²) in [5.74, 6) is 0.0499. The smallest absolute Gasteiger partial charge is 0.239 e. The molecule has 0 aliphatic carbocycles. The predicted molar refractivity (Wildman–Crippen MR) is 97.2 cm³/mol. The van der Waals surface area contributed by atoms with E-state index in [1.165, 1.54) is 22.0 Å². The molecule has 0 unspecified atom stereocenters. The van der Waals surface area contributed by atoms with Crippen molar-refractivity contribution in [2.75, 3.05) is 39.6 Å². The standard InChI is InChI=1S/C18H22N2O3S/c1-20(12-17(21)19-9-10-23-2)18(22)13-24-16-8-7-14-5-3-4-6-15(14)11-16/h3-8,11H,9-10,12-13H2,1-2H3,(H,19,21). The first-order valence-electron chi connectivity index (χ1n) is 7.71. The van der Waals surface area contributed by atoms with Crippen molar-refractivity contribution in [3.8, 4) is 0 Å². The number of nitrogens with one attached hydrogen (secondary N) is 1. The van der Waals surface area contributed by atoms with Crippen LogP contribution in [-0.2, 0) is 14.3 Å². The molecular formula is C18H22N2O3S. The number of nitrogens with zero attached hydrogens (tertiary/aromatic N) is 1. The zero-order valence-corrected chi connectivity index (χ0v) is 14.8. The fraction of sp³-hybridized carbons (Fsp3) is 0.333. The van der Waals surface area contributed by atoms with Crippen molar-refractivity contribution < 1.29 is 14.3 Å². The van der Waals surface area contributed by atoms with Crippen LogP contribution in [0.1, 0.15) is 0 Å². The van der Waals surface area contributed by atoms with Crippen molar-refractivity contribution >= 4 is 34.3 Å². The predicted octanol–water partition coefficient (Wildman–Crippen LogP) is 2.15. The van der Waals surface area contributed by atoms with Crippen LogP contribution in [0.25, 0.3) is 10.8 Å². The molecule has 128 valence electrons. The monoisotopic (exact) mass is 346 g/mol. The molecule has 0 saturated carbocycles. The van der Waals surface area contributed by atoms with Gasteiger partial charge in [-0.05, 0) is 22.9 Å². The second-order valence-corrected chi connectivity index (χ2v) is 6.44. The Hall–Kier alpha value is -2.05. The molecule has 0 bridgehead atoms. The number of benzene rings is 2. The molecule has 1 N–H and O–H groups in total. The van der Waals surface area contributed by atoms with E-state index < -0.39 is 0 Å². The molecule has 2 rings (SSSR count). The van der Waals surface area contributed by atoms with Crippen LogP contribution in [0.15, 0.2) is 47.4 Å². The summed E-state index contributed by atoms with van der Waals surface area (Å²) in [6, 6.07) is 14.3. The summed E-state index contributed by atoms with van der Waals surface area (Å²) in [7, 11) is 3.21. The molecule has 2 amide bonds. The van der Waals surface area contributed by atoms with E-state index in [1.807, 2.05) is 18.2 Å². The Morgan fingerprint density at radius 3 is 2.67 bits per heavy atom. The van der Waals surface area contributed by atoms with Gasteiger partial charge >= 0.3 is 0 Å². The summed E-state index contributed by atoms with van der Waals surface area (Å²) in [6.45, 7) is 0.964. The van der Waals surface area contributed by atoms with Crippen LogP contribution in [0.5, 0.6) is 0 Å². The van der Waals surface area contributed by atoms with Gasteiger partial charge in [-0.1, -0.05) is 30.3 Å². The average molecular weight is 346 g/mol. The lowest BCUT2D eigenvalue weighted by Gasteiger charge is -2.16. The Morgan fingerprint density at radius 2 is 1.92 bits per heavy atom. The quantitative estimate of drug-likeness (QED) is 0.588. The number of likely N-dealkylation sites (N-methyl/N-ethyl adjacent to an activating group) is 1. The van der Waals surface area contributed by atoms with Crippen molar-refractivity contribution in [1.82, 2.24) is 10.2 Å². The summed E-state index contributed by atoms with van der Waals surface area (Å²) in [6.07, 6.45) is 0. The van der Waals surface area contributed by atoms with Gasteiger partial charge in [-0.25, -0.2) is 0 Å². The fourth-order valence-corrected chi connectivity index (χ4v) is 3.05. The summed E-state index contributed by atoms with van der Waals surface area (Å²) in [5, 5.41) is 5.03. The van der Waals surface area contributed by atoms with Crippen LogP contribution in [0.3, 0.4) is 0 Å². The zero-order valence-electron chi connectivity index (χ0n) is 14.0. The van der Waals surface area contributed by atoms with Crippen molar-refractivity contribution in [2.24, 2.45) is 0 Å². The Balaban J connectivity index is 1.81. The molecule has 0 atom stereocenters. The average Bonchev–Trinajstić information content (AvgIpc) is 2.59. The molecule has 24 heavy (non-hydrogen) atoms. The summed E-state index contributed by atoms with van der Waals surface area (Å²) < 4.78 is 4.86. The molecular weight excluding hydrogens is 324 g/mol. The summed E-state index contributed by atoms with van der Waals surface area (Å²) >= 11 is 1.48. The van der Waals surface area contributed by atoms with Gasteiger partial charge < -0.3 is 15.0 Å². The van der Waals surface area contributed by atoms with Gasteiger partial charge in [0.2, 0.25) is 11.8 Å². The lowest BCUT2D eigenvalue weighted by molar-refractivity contribution is -0.132. The molecule has 0 fully saturated rings. The van der Waals surface area contributed by atoms with E-state index >= 15 is 0 Å². The lowest BCUT2D eigenvalue weighted by Crippen LogP contribution is -2.40. The highest BCUT2D eigenvalue weighted by molar-refractivity contribution is 8.00. The number of amides is 2. The van der Waals surface area contributed by atoms with Crippen molar-refractivity contribution in [3.63, 3.8) is 0 Å². The molecule has 0 saturated heterocycles. The van der Waals surface area contributed by atoms with Gasteiger partial charge in [-0.15, -0.1) is 11.8 Å². The van der Waals surface area contributed by atoms with E-state index in [-0.39, 0.29) is 18.4 Å². The maximum absolute atomic E-state index is 12.1. The van der Waals surface area contributed by atoms with E-state index in [1.54, 1.807) is 14.2 Å². The molecule has 5 nitrogen and oxygen atoms in total. The number of rotatable bonds is 8. The molecule has 0 aliphatic rings. The van der Waals surface area contributed by atoms with E-state index in [2.05, 4.69) is 29.6 Å². The van der Waals surface area contributed by atoms with Gasteiger partial charge in [0.05, 0.1) is 18.9 Å². The van der Waals surface area contributed by atoms with Gasteiger partial charge in [-0.2, -0.15) is 0 Å². The number of methoxy groups -OCH3 is 1. The van der Waals surface area contributed by atoms with Crippen molar-refractivity contribution in [1.29, 1.82) is 0 Å². The Kier molecular flexibility index (Phi) is 7.08. The van der Waals surface area contributed by atoms with Crippen molar-refractivity contribution in [3.05, 3.63) is 42.5 Å². The van der Waals surface area contributed by atoms with Crippen LogP contribution in [-0.4, -0.2) is 56.3 Å². The third-order valence-electron chi connectivity index (χ3n) is 3.52.